The molecule has 4 rings (SSSR count). The highest BCUT2D eigenvalue weighted by atomic mass is 35.5. The maximum Gasteiger partial charge on any atom is 0.279 e. The van der Waals surface area contributed by atoms with Crippen molar-refractivity contribution in [2.24, 2.45) is 0 Å². The first-order valence-corrected chi connectivity index (χ1v) is 8.52. The summed E-state index contributed by atoms with van der Waals surface area (Å²) in [6.07, 6.45) is 1.62. The van der Waals surface area contributed by atoms with Crippen LogP contribution in [0.4, 0.5) is 4.39 Å². The van der Waals surface area contributed by atoms with E-state index in [0.29, 0.717) is 32.8 Å². The smallest absolute Gasteiger partial charge is 0.279 e. The maximum atomic E-state index is 13.1. The molecule has 0 aliphatic rings. The predicted molar refractivity (Wildman–Crippen MR) is 104 cm³/mol. The molecule has 0 amide bonds. The number of nitrogens with one attached hydrogen (secondary N) is 1. The average molecular weight is 381 g/mol. The first-order chi connectivity index (χ1) is 13.0. The van der Waals surface area contributed by atoms with Gasteiger partial charge in [-0.15, -0.1) is 0 Å². The Labute approximate surface area is 158 Å². The van der Waals surface area contributed by atoms with Crippen molar-refractivity contribution in [1.29, 1.82) is 0 Å². The molecule has 0 aliphatic carbocycles. The summed E-state index contributed by atoms with van der Waals surface area (Å²) in [5, 5.41) is 4.31. The highest BCUT2D eigenvalue weighted by Gasteiger charge is 2.08. The number of aromatic amines is 1. The summed E-state index contributed by atoms with van der Waals surface area (Å²) in [5.74, 6) is 0.763. The van der Waals surface area contributed by atoms with Crippen molar-refractivity contribution in [3.63, 3.8) is 0 Å². The molecule has 0 atom stereocenters. The van der Waals surface area contributed by atoms with Crippen LogP contribution in [0, 0.1) is 5.82 Å². The average Bonchev–Trinajstić information content (AvgIpc) is 3.23. The summed E-state index contributed by atoms with van der Waals surface area (Å²) in [7, 11) is 0. The molecule has 0 spiro atoms. The van der Waals surface area contributed by atoms with Gasteiger partial charge in [-0.25, -0.2) is 9.07 Å². The Morgan fingerprint density at radius 1 is 1.11 bits per heavy atom. The summed E-state index contributed by atoms with van der Waals surface area (Å²) in [4.78, 5) is 12.8. The number of benzene rings is 2. The highest BCUT2D eigenvalue weighted by molar-refractivity contribution is 6.30. The van der Waals surface area contributed by atoms with E-state index >= 15 is 0 Å². The summed E-state index contributed by atoms with van der Waals surface area (Å²) in [6.45, 7) is 3.90. The Bertz CT molecular complexity index is 1280. The van der Waals surface area contributed by atoms with Gasteiger partial charge < -0.3 is 4.42 Å². The van der Waals surface area contributed by atoms with Crippen LogP contribution in [0.25, 0.3) is 29.7 Å². The van der Waals surface area contributed by atoms with Crippen molar-refractivity contribution in [2.75, 3.05) is 0 Å². The molecule has 0 bridgehead atoms. The number of rotatable bonds is 3. The minimum Gasteiger partial charge on any atom is -0.457 e. The van der Waals surface area contributed by atoms with Crippen LogP contribution in [-0.4, -0.2) is 9.78 Å². The molecular weight excluding hydrogens is 367 g/mol. The third-order valence-electron chi connectivity index (χ3n) is 4.11. The lowest BCUT2D eigenvalue weighted by molar-refractivity contribution is 0.571. The number of halogens is 2. The van der Waals surface area contributed by atoms with E-state index in [1.165, 1.54) is 16.8 Å². The molecule has 134 valence electrons. The van der Waals surface area contributed by atoms with Gasteiger partial charge in [0.25, 0.3) is 5.56 Å². The van der Waals surface area contributed by atoms with Gasteiger partial charge in [0.05, 0.1) is 16.3 Å². The van der Waals surface area contributed by atoms with E-state index in [4.69, 9.17) is 16.0 Å². The van der Waals surface area contributed by atoms with E-state index in [0.717, 1.165) is 5.56 Å². The van der Waals surface area contributed by atoms with E-state index in [9.17, 15) is 9.18 Å². The maximum absolute atomic E-state index is 13.1. The molecule has 2 aromatic carbocycles. The molecular formula is C21H14ClFN2O2. The van der Waals surface area contributed by atoms with Gasteiger partial charge in [0.1, 0.15) is 17.3 Å². The standard InChI is InChI=1S/C21H14ClFN2O2/c1-13-19(21(26)25(24-13)17-4-2-3-15(22)11-17)12-18-9-10-20(27-18)14-5-7-16(23)8-6-14/h2-12,24H,1H2. The van der Waals surface area contributed by atoms with Gasteiger partial charge in [0.15, 0.2) is 0 Å². The van der Waals surface area contributed by atoms with Crippen molar-refractivity contribution in [1.82, 2.24) is 9.78 Å². The zero-order valence-corrected chi connectivity index (χ0v) is 14.8. The Kier molecular flexibility index (Phi) is 4.30. The second kappa shape index (κ2) is 6.78. The second-order valence-electron chi connectivity index (χ2n) is 5.98. The summed E-state index contributed by atoms with van der Waals surface area (Å²) in [5.41, 5.74) is 1.10. The lowest BCUT2D eigenvalue weighted by atomic mass is 10.2. The summed E-state index contributed by atoms with van der Waals surface area (Å²) in [6, 6.07) is 16.5. The Morgan fingerprint density at radius 2 is 1.89 bits per heavy atom. The third-order valence-corrected chi connectivity index (χ3v) is 4.35. The zero-order chi connectivity index (χ0) is 19.0. The summed E-state index contributed by atoms with van der Waals surface area (Å²) < 4.78 is 20.2. The van der Waals surface area contributed by atoms with Gasteiger partial charge in [0.2, 0.25) is 0 Å². The Hall–Kier alpha value is -3.31. The molecule has 0 saturated heterocycles. The second-order valence-corrected chi connectivity index (χ2v) is 6.41. The predicted octanol–water partition coefficient (Wildman–Crippen LogP) is 3.46. The number of hydrogen-bond acceptors (Lipinski definition) is 2. The topological polar surface area (TPSA) is 50.9 Å². The van der Waals surface area contributed by atoms with Gasteiger partial charge in [-0.3, -0.25) is 9.89 Å². The largest absolute Gasteiger partial charge is 0.457 e. The molecule has 2 aromatic heterocycles. The van der Waals surface area contributed by atoms with E-state index in [1.807, 2.05) is 0 Å². The van der Waals surface area contributed by atoms with Gasteiger partial charge >= 0.3 is 0 Å². The van der Waals surface area contributed by atoms with Crippen LogP contribution in [-0.2, 0) is 0 Å². The molecule has 4 aromatic rings. The molecule has 4 nitrogen and oxygen atoms in total. The Balaban J connectivity index is 1.76. The van der Waals surface area contributed by atoms with E-state index in [-0.39, 0.29) is 11.4 Å². The molecule has 6 heteroatoms. The zero-order valence-electron chi connectivity index (χ0n) is 14.1. The molecule has 1 N–H and O–H groups in total. The minimum absolute atomic E-state index is 0.262. The molecule has 0 saturated carbocycles. The molecule has 0 fully saturated rings. The number of furan rings is 1. The van der Waals surface area contributed by atoms with Gasteiger partial charge in [-0.2, -0.15) is 0 Å². The highest BCUT2D eigenvalue weighted by Crippen LogP contribution is 2.22. The number of aromatic nitrogens is 2. The van der Waals surface area contributed by atoms with Crippen molar-refractivity contribution in [3.8, 4) is 17.0 Å². The van der Waals surface area contributed by atoms with Crippen molar-refractivity contribution in [3.05, 3.63) is 98.2 Å². The molecule has 0 radical (unpaired) electrons. The molecule has 0 unspecified atom stereocenters. The number of hydrogen-bond donors (Lipinski definition) is 1. The quantitative estimate of drug-likeness (QED) is 0.591. The third kappa shape index (κ3) is 3.37. The van der Waals surface area contributed by atoms with Gasteiger partial charge in [-0.1, -0.05) is 24.2 Å². The lowest BCUT2D eigenvalue weighted by Crippen LogP contribution is -2.33. The number of H-pyrrole nitrogens is 1. The van der Waals surface area contributed by atoms with E-state index in [2.05, 4.69) is 11.7 Å². The van der Waals surface area contributed by atoms with Crippen LogP contribution in [0.1, 0.15) is 5.76 Å². The normalized spacial score (nSPS) is 11.9. The van der Waals surface area contributed by atoms with Crippen molar-refractivity contribution in [2.45, 2.75) is 0 Å². The fraction of sp³-hybridized carbons (Fsp3) is 0. The van der Waals surface area contributed by atoms with Crippen LogP contribution in [0.2, 0.25) is 5.02 Å². The number of nitrogens with zero attached hydrogens (tertiary/aromatic N) is 1. The summed E-state index contributed by atoms with van der Waals surface area (Å²) >= 11 is 6.00. The first-order valence-electron chi connectivity index (χ1n) is 8.15. The van der Waals surface area contributed by atoms with Crippen LogP contribution in [0.3, 0.4) is 0 Å². The SMILES string of the molecule is C=c1[nH]n(-c2cccc(Cl)c2)c(=O)c1=Cc1ccc(-c2ccc(F)cc2)o1. The van der Waals surface area contributed by atoms with Gasteiger partial charge in [0, 0.05) is 10.6 Å². The van der Waals surface area contributed by atoms with Crippen molar-refractivity contribution >= 4 is 24.3 Å². The van der Waals surface area contributed by atoms with E-state index in [1.54, 1.807) is 54.6 Å². The van der Waals surface area contributed by atoms with Gasteiger partial charge in [-0.05, 0) is 60.7 Å². The monoisotopic (exact) mass is 380 g/mol. The van der Waals surface area contributed by atoms with Crippen LogP contribution in [0.15, 0.2) is 69.9 Å². The lowest BCUT2D eigenvalue weighted by Gasteiger charge is -2.00. The van der Waals surface area contributed by atoms with Crippen LogP contribution >= 0.6 is 11.6 Å². The van der Waals surface area contributed by atoms with E-state index < -0.39 is 0 Å². The minimum atomic E-state index is -0.312. The molecule has 0 aliphatic heterocycles. The Morgan fingerprint density at radius 3 is 2.63 bits per heavy atom. The molecule has 27 heavy (non-hydrogen) atoms. The van der Waals surface area contributed by atoms with Crippen molar-refractivity contribution < 1.29 is 8.81 Å². The first kappa shape index (κ1) is 17.1. The fourth-order valence-electron chi connectivity index (χ4n) is 2.78. The fourth-order valence-corrected chi connectivity index (χ4v) is 2.97. The van der Waals surface area contributed by atoms with Crippen LogP contribution in [0.5, 0.6) is 0 Å². The van der Waals surface area contributed by atoms with Crippen LogP contribution < -0.4 is 16.1 Å². The molecule has 2 heterocycles.